The van der Waals surface area contributed by atoms with Crippen LogP contribution in [0.1, 0.15) is 226 Å². The number of hydrogen-bond donors (Lipinski definition) is 7. The summed E-state index contributed by atoms with van der Waals surface area (Å²) in [5, 5.41) is 72.2. The van der Waals surface area contributed by atoms with Crippen molar-refractivity contribution in [1.29, 1.82) is 0 Å². The Morgan fingerprint density at radius 1 is 0.471 bits per heavy atom. The summed E-state index contributed by atoms with van der Waals surface area (Å²) in [6, 6.07) is 0. The van der Waals surface area contributed by atoms with E-state index in [1.807, 2.05) is 0 Å². The van der Waals surface area contributed by atoms with Gasteiger partial charge in [0.25, 0.3) is 0 Å². The maximum atomic E-state index is 13.0. The summed E-state index contributed by atoms with van der Waals surface area (Å²) >= 11 is 0. The van der Waals surface area contributed by atoms with Gasteiger partial charge < -0.3 is 64.2 Å². The molecule has 11 atom stereocenters. The van der Waals surface area contributed by atoms with Crippen molar-refractivity contribution in [2.75, 3.05) is 33.0 Å². The molecule has 2 saturated heterocycles. The fourth-order valence-electron chi connectivity index (χ4n) is 8.99. The lowest BCUT2D eigenvalue weighted by molar-refractivity contribution is -0.332. The predicted molar refractivity (Wildman–Crippen MR) is 266 cm³/mol. The average molecular weight is 975 g/mol. The second-order valence-corrected chi connectivity index (χ2v) is 19.8. The van der Waals surface area contributed by atoms with Gasteiger partial charge in [0.1, 0.15) is 54.9 Å². The first kappa shape index (κ1) is 62.8. The molecule has 14 nitrogen and oxygen atoms in total. The Bertz CT molecular complexity index is 1180. The molecule has 68 heavy (non-hydrogen) atoms. The number of hydrogen-bond acceptors (Lipinski definition) is 14. The van der Waals surface area contributed by atoms with Gasteiger partial charge in [-0.3, -0.25) is 4.79 Å². The molecule has 0 bridgehead atoms. The first-order valence-electron chi connectivity index (χ1n) is 27.8. The summed E-state index contributed by atoms with van der Waals surface area (Å²) < 4.78 is 34.3. The van der Waals surface area contributed by atoms with Crippen LogP contribution in [-0.4, -0.2) is 142 Å². The zero-order valence-corrected chi connectivity index (χ0v) is 42.9. The molecule has 0 spiro atoms. The molecule has 0 aromatic heterocycles. The maximum absolute atomic E-state index is 13.0. The van der Waals surface area contributed by atoms with Gasteiger partial charge in [-0.2, -0.15) is 0 Å². The van der Waals surface area contributed by atoms with Crippen molar-refractivity contribution >= 4 is 5.97 Å². The lowest BCUT2D eigenvalue weighted by Gasteiger charge is -2.42. The number of carbonyl (C=O) groups excluding carboxylic acids is 1. The van der Waals surface area contributed by atoms with Gasteiger partial charge in [0, 0.05) is 13.0 Å². The van der Waals surface area contributed by atoms with Gasteiger partial charge in [0.05, 0.1) is 26.4 Å². The van der Waals surface area contributed by atoms with Crippen molar-refractivity contribution in [2.24, 2.45) is 0 Å². The van der Waals surface area contributed by atoms with Crippen LogP contribution in [-0.2, 0) is 33.2 Å². The molecule has 0 saturated carbocycles. The summed E-state index contributed by atoms with van der Waals surface area (Å²) in [6.07, 6.45) is 28.4. The smallest absolute Gasteiger partial charge is 0.306 e. The number of esters is 1. The van der Waals surface area contributed by atoms with Crippen LogP contribution in [0.5, 0.6) is 0 Å². The van der Waals surface area contributed by atoms with Crippen LogP contribution in [0.2, 0.25) is 0 Å². The highest BCUT2D eigenvalue weighted by Crippen LogP contribution is 2.27. The minimum atomic E-state index is -1.70. The van der Waals surface area contributed by atoms with Crippen LogP contribution < -0.4 is 0 Å². The van der Waals surface area contributed by atoms with Gasteiger partial charge in [0.15, 0.2) is 12.6 Å². The molecule has 7 N–H and O–H groups in total. The van der Waals surface area contributed by atoms with Gasteiger partial charge in [-0.1, -0.05) is 193 Å². The minimum Gasteiger partial charge on any atom is -0.457 e. The number of rotatable bonds is 45. The molecule has 2 aliphatic heterocycles. The fourth-order valence-corrected chi connectivity index (χ4v) is 8.99. The summed E-state index contributed by atoms with van der Waals surface area (Å²) in [5.74, 6) is -0.372. The molecule has 2 rings (SSSR count). The summed E-state index contributed by atoms with van der Waals surface area (Å²) in [5.41, 5.74) is 0. The Balaban J connectivity index is 1.72. The van der Waals surface area contributed by atoms with Crippen LogP contribution >= 0.6 is 0 Å². The molecule has 2 heterocycles. The van der Waals surface area contributed by atoms with E-state index in [0.717, 1.165) is 38.5 Å². The monoisotopic (exact) mass is 975 g/mol. The highest BCUT2D eigenvalue weighted by Gasteiger charge is 2.47. The molecular weight excluding hydrogens is 873 g/mol. The van der Waals surface area contributed by atoms with Gasteiger partial charge in [-0.15, -0.1) is 0 Å². The van der Waals surface area contributed by atoms with Gasteiger partial charge >= 0.3 is 5.97 Å². The Kier molecular flexibility index (Phi) is 39.1. The Morgan fingerprint density at radius 3 is 1.34 bits per heavy atom. The highest BCUT2D eigenvalue weighted by atomic mass is 16.7. The van der Waals surface area contributed by atoms with Crippen molar-refractivity contribution in [3.8, 4) is 0 Å². The van der Waals surface area contributed by atoms with Crippen molar-refractivity contribution in [2.45, 2.75) is 293 Å². The molecule has 402 valence electrons. The molecule has 14 heteroatoms. The summed E-state index contributed by atoms with van der Waals surface area (Å²) in [4.78, 5) is 13.0. The van der Waals surface area contributed by atoms with E-state index in [1.165, 1.54) is 161 Å². The van der Waals surface area contributed by atoms with Gasteiger partial charge in [-0.25, -0.2) is 0 Å². The molecule has 2 aliphatic rings. The molecular formula is C54H102O14. The normalized spacial score (nSPS) is 25.9. The van der Waals surface area contributed by atoms with E-state index in [1.54, 1.807) is 0 Å². The number of carbonyl (C=O) groups is 1. The second kappa shape index (κ2) is 42.3. The minimum absolute atomic E-state index is 0.0665. The van der Waals surface area contributed by atoms with Crippen molar-refractivity contribution in [1.82, 2.24) is 0 Å². The Hall–Kier alpha value is -1.27. The van der Waals surface area contributed by atoms with Crippen LogP contribution in [0.4, 0.5) is 0 Å². The van der Waals surface area contributed by atoms with E-state index < -0.39 is 80.7 Å². The average Bonchev–Trinajstić information content (AvgIpc) is 3.33. The van der Waals surface area contributed by atoms with Crippen molar-refractivity contribution in [3.05, 3.63) is 12.2 Å². The number of allylic oxidation sites excluding steroid dienone is 2. The molecule has 0 aromatic rings. The molecule has 11 unspecified atom stereocenters. The third-order valence-electron chi connectivity index (χ3n) is 13.5. The molecule has 0 radical (unpaired) electrons. The standard InChI is InChI=1S/C54H102O14/c1-3-5-7-9-11-13-15-17-19-20-21-22-23-24-26-28-30-32-34-36-38-63-40-43(66-46(56)37-35-33-31-29-27-25-18-16-14-12-10-8-6-4-2)41-64-53-52(62)50(60)48(58)45(68-53)42-65-54-51(61)49(59)47(57)44(39-55)67-54/h17,19,43-45,47-55,57-62H,3-16,18,20-42H2,1-2H3/b19-17-. The Labute approximate surface area is 412 Å². The van der Waals surface area contributed by atoms with E-state index in [0.29, 0.717) is 13.0 Å². The van der Waals surface area contributed by atoms with Crippen LogP contribution in [0.15, 0.2) is 12.2 Å². The van der Waals surface area contributed by atoms with Crippen LogP contribution in [0.3, 0.4) is 0 Å². The number of aliphatic hydroxyl groups excluding tert-OH is 7. The number of unbranched alkanes of at least 4 members (excludes halogenated alkanes) is 29. The molecule has 0 amide bonds. The van der Waals surface area contributed by atoms with Crippen molar-refractivity contribution < 1.29 is 69.0 Å². The quantitative estimate of drug-likeness (QED) is 0.0172. The molecule has 2 fully saturated rings. The van der Waals surface area contributed by atoms with Crippen LogP contribution in [0, 0.1) is 0 Å². The van der Waals surface area contributed by atoms with E-state index in [4.69, 9.17) is 28.4 Å². The van der Waals surface area contributed by atoms with Gasteiger partial charge in [0.2, 0.25) is 0 Å². The van der Waals surface area contributed by atoms with E-state index >= 15 is 0 Å². The third-order valence-corrected chi connectivity index (χ3v) is 13.5. The second-order valence-electron chi connectivity index (χ2n) is 19.8. The summed E-state index contributed by atoms with van der Waals surface area (Å²) in [6.45, 7) is 3.72. The van der Waals surface area contributed by atoms with Crippen LogP contribution in [0.25, 0.3) is 0 Å². The SMILES string of the molecule is CCCCCCCC/C=C\CCCCCCCCCCCCOCC(COC1OC(COC2OC(CO)C(O)C(O)C2O)C(O)C(O)C1O)OC(=O)CCCCCCCCCCCCCCCC. The summed E-state index contributed by atoms with van der Waals surface area (Å²) in [7, 11) is 0. The lowest BCUT2D eigenvalue weighted by atomic mass is 9.98. The lowest BCUT2D eigenvalue weighted by Crippen LogP contribution is -2.61. The largest absolute Gasteiger partial charge is 0.457 e. The first-order valence-corrected chi connectivity index (χ1v) is 27.8. The maximum Gasteiger partial charge on any atom is 0.306 e. The molecule has 0 aromatic carbocycles. The van der Waals surface area contributed by atoms with E-state index in [-0.39, 0.29) is 25.6 Å². The zero-order valence-electron chi connectivity index (χ0n) is 42.9. The van der Waals surface area contributed by atoms with E-state index in [2.05, 4.69) is 26.0 Å². The van der Waals surface area contributed by atoms with E-state index in [9.17, 15) is 40.5 Å². The van der Waals surface area contributed by atoms with Crippen molar-refractivity contribution in [3.63, 3.8) is 0 Å². The Morgan fingerprint density at radius 2 is 0.868 bits per heavy atom. The first-order chi connectivity index (χ1) is 33.1. The third kappa shape index (κ3) is 29.3. The predicted octanol–water partition coefficient (Wildman–Crippen LogP) is 9.02. The zero-order chi connectivity index (χ0) is 49.5. The fraction of sp³-hybridized carbons (Fsp3) is 0.944. The van der Waals surface area contributed by atoms with Gasteiger partial charge in [-0.05, 0) is 38.5 Å². The highest BCUT2D eigenvalue weighted by molar-refractivity contribution is 5.69. The topological polar surface area (TPSA) is 214 Å². The number of ether oxygens (including phenoxy) is 6. The number of aliphatic hydroxyl groups is 7. The molecule has 0 aliphatic carbocycles.